The van der Waals surface area contributed by atoms with Crippen molar-refractivity contribution in [2.75, 3.05) is 13.1 Å². The fourth-order valence-electron chi connectivity index (χ4n) is 3.95. The molecule has 3 rings (SSSR count). The van der Waals surface area contributed by atoms with Gasteiger partial charge in [-0.15, -0.1) is 0 Å². The monoisotopic (exact) mass is 265 g/mol. The average Bonchev–Trinajstić information content (AvgIpc) is 3.22. The van der Waals surface area contributed by atoms with Gasteiger partial charge < -0.3 is 11.1 Å². The lowest BCUT2D eigenvalue weighted by Crippen LogP contribution is -2.55. The van der Waals surface area contributed by atoms with Crippen molar-refractivity contribution in [1.82, 2.24) is 10.2 Å². The molecule has 1 amide bonds. The number of hydrogen-bond donors (Lipinski definition) is 2. The smallest absolute Gasteiger partial charge is 0.235 e. The molecule has 0 radical (unpaired) electrons. The molecule has 0 aromatic rings. The normalized spacial score (nSPS) is 33.7. The van der Waals surface area contributed by atoms with E-state index in [1.54, 1.807) is 0 Å². The Bertz CT molecular complexity index is 327. The van der Waals surface area contributed by atoms with Crippen LogP contribution in [-0.4, -0.2) is 42.0 Å². The Morgan fingerprint density at radius 2 is 1.89 bits per heavy atom. The molecular formula is C15H27N3O. The maximum Gasteiger partial charge on any atom is 0.235 e. The number of nitrogens with zero attached hydrogens (tertiary/aromatic N) is 1. The summed E-state index contributed by atoms with van der Waals surface area (Å²) in [6.07, 6.45) is 10.5. The second-order valence-corrected chi connectivity index (χ2v) is 6.64. The van der Waals surface area contributed by atoms with E-state index in [2.05, 4.69) is 10.2 Å². The van der Waals surface area contributed by atoms with Crippen LogP contribution in [0.15, 0.2) is 0 Å². The van der Waals surface area contributed by atoms with Gasteiger partial charge in [0.2, 0.25) is 5.91 Å². The van der Waals surface area contributed by atoms with Gasteiger partial charge in [0.25, 0.3) is 0 Å². The molecule has 1 heterocycles. The molecule has 1 saturated heterocycles. The summed E-state index contributed by atoms with van der Waals surface area (Å²) in [7, 11) is 0. The highest BCUT2D eigenvalue weighted by Crippen LogP contribution is 2.35. The Morgan fingerprint density at radius 3 is 2.63 bits per heavy atom. The van der Waals surface area contributed by atoms with Crippen LogP contribution in [-0.2, 0) is 4.79 Å². The van der Waals surface area contributed by atoms with Crippen molar-refractivity contribution >= 4 is 5.91 Å². The molecule has 0 aromatic heterocycles. The van der Waals surface area contributed by atoms with Crippen LogP contribution in [0.4, 0.5) is 0 Å². The summed E-state index contributed by atoms with van der Waals surface area (Å²) < 4.78 is 0. The average molecular weight is 265 g/mol. The van der Waals surface area contributed by atoms with Gasteiger partial charge in [0.15, 0.2) is 0 Å². The Kier molecular flexibility index (Phi) is 4.08. The van der Waals surface area contributed by atoms with Gasteiger partial charge in [-0.05, 0) is 51.0 Å². The van der Waals surface area contributed by atoms with Crippen molar-refractivity contribution in [3.05, 3.63) is 0 Å². The molecule has 0 aromatic carbocycles. The first-order valence-electron chi connectivity index (χ1n) is 8.03. The highest BCUT2D eigenvalue weighted by atomic mass is 16.1. The lowest BCUT2D eigenvalue weighted by molar-refractivity contribution is -0.121. The van der Waals surface area contributed by atoms with Gasteiger partial charge in [-0.2, -0.15) is 0 Å². The molecule has 108 valence electrons. The summed E-state index contributed by atoms with van der Waals surface area (Å²) >= 11 is 0. The molecule has 2 aliphatic carbocycles. The van der Waals surface area contributed by atoms with Crippen LogP contribution in [0, 0.1) is 5.92 Å². The van der Waals surface area contributed by atoms with Crippen molar-refractivity contribution in [2.24, 2.45) is 11.7 Å². The van der Waals surface area contributed by atoms with E-state index in [9.17, 15) is 4.79 Å². The third kappa shape index (κ3) is 3.29. The molecule has 3 N–H and O–H groups in total. The first kappa shape index (κ1) is 13.4. The molecule has 3 aliphatic rings. The number of primary amides is 1. The number of carbonyl (C=O) groups excluding carboxylic acids is 1. The molecule has 19 heavy (non-hydrogen) atoms. The fourth-order valence-corrected chi connectivity index (χ4v) is 3.95. The summed E-state index contributed by atoms with van der Waals surface area (Å²) in [5.41, 5.74) is 5.57. The van der Waals surface area contributed by atoms with Crippen LogP contribution in [0.25, 0.3) is 0 Å². The summed E-state index contributed by atoms with van der Waals surface area (Å²) in [4.78, 5) is 14.2. The first-order valence-corrected chi connectivity index (χ1v) is 8.03. The molecule has 3 atom stereocenters. The van der Waals surface area contributed by atoms with Crippen molar-refractivity contribution in [1.29, 1.82) is 0 Å². The van der Waals surface area contributed by atoms with Crippen molar-refractivity contribution in [3.8, 4) is 0 Å². The van der Waals surface area contributed by atoms with E-state index < -0.39 is 0 Å². The second kappa shape index (κ2) is 5.80. The zero-order chi connectivity index (χ0) is 13.2. The number of likely N-dealkylation sites (tertiary alicyclic amines) is 1. The van der Waals surface area contributed by atoms with Crippen molar-refractivity contribution < 1.29 is 4.79 Å². The Morgan fingerprint density at radius 1 is 1.16 bits per heavy atom. The van der Waals surface area contributed by atoms with Gasteiger partial charge in [0.1, 0.15) is 0 Å². The number of nitrogens with two attached hydrogens (primary N) is 1. The minimum absolute atomic E-state index is 0.145. The number of carbonyl (C=O) groups is 1. The third-order valence-corrected chi connectivity index (χ3v) is 5.13. The lowest BCUT2D eigenvalue weighted by atomic mass is 9.78. The number of rotatable bonds is 5. The maximum atomic E-state index is 11.6. The molecule has 4 nitrogen and oxygen atoms in total. The third-order valence-electron chi connectivity index (χ3n) is 5.13. The quantitative estimate of drug-likeness (QED) is 0.786. The SMILES string of the molecule is NC(=O)C(CN1CCCC2CCCCC21)NC1CC1. The molecule has 4 heteroatoms. The Hall–Kier alpha value is -0.610. The fraction of sp³-hybridized carbons (Fsp3) is 0.933. The summed E-state index contributed by atoms with van der Waals surface area (Å²) in [5, 5.41) is 3.42. The van der Waals surface area contributed by atoms with Gasteiger partial charge in [-0.1, -0.05) is 12.8 Å². The summed E-state index contributed by atoms with van der Waals surface area (Å²) in [6, 6.07) is 1.11. The highest BCUT2D eigenvalue weighted by Gasteiger charge is 2.36. The zero-order valence-electron chi connectivity index (χ0n) is 11.8. The van der Waals surface area contributed by atoms with Gasteiger partial charge in [0.05, 0.1) is 6.04 Å². The van der Waals surface area contributed by atoms with Crippen LogP contribution in [0.2, 0.25) is 0 Å². The van der Waals surface area contributed by atoms with Gasteiger partial charge in [-0.25, -0.2) is 0 Å². The van der Waals surface area contributed by atoms with Crippen LogP contribution in [0.1, 0.15) is 51.4 Å². The van der Waals surface area contributed by atoms with Crippen LogP contribution >= 0.6 is 0 Å². The van der Waals surface area contributed by atoms with Crippen molar-refractivity contribution in [2.45, 2.75) is 69.5 Å². The molecule has 1 aliphatic heterocycles. The summed E-state index contributed by atoms with van der Waals surface area (Å²) in [5.74, 6) is 0.696. The van der Waals surface area contributed by atoms with E-state index in [0.29, 0.717) is 12.1 Å². The second-order valence-electron chi connectivity index (χ2n) is 6.64. The van der Waals surface area contributed by atoms with Gasteiger partial charge in [-0.3, -0.25) is 9.69 Å². The van der Waals surface area contributed by atoms with Crippen LogP contribution < -0.4 is 11.1 Å². The standard InChI is InChI=1S/C15H27N3O/c16-15(19)13(17-12-7-8-12)10-18-9-3-5-11-4-1-2-6-14(11)18/h11-14,17H,1-10H2,(H2,16,19). The zero-order valence-corrected chi connectivity index (χ0v) is 11.8. The largest absolute Gasteiger partial charge is 0.368 e. The van der Waals surface area contributed by atoms with E-state index in [1.807, 2.05) is 0 Å². The minimum Gasteiger partial charge on any atom is -0.368 e. The molecule has 2 saturated carbocycles. The molecular weight excluding hydrogens is 238 g/mol. The van der Waals surface area contributed by atoms with E-state index in [0.717, 1.165) is 19.0 Å². The maximum absolute atomic E-state index is 11.6. The van der Waals surface area contributed by atoms with Crippen LogP contribution in [0.3, 0.4) is 0 Å². The number of hydrogen-bond acceptors (Lipinski definition) is 3. The van der Waals surface area contributed by atoms with Gasteiger partial charge in [0, 0.05) is 18.6 Å². The molecule has 0 bridgehead atoms. The number of amides is 1. The van der Waals surface area contributed by atoms with E-state index in [4.69, 9.17) is 5.73 Å². The Balaban J connectivity index is 1.60. The minimum atomic E-state index is -0.176. The topological polar surface area (TPSA) is 58.4 Å². The predicted octanol–water partition coefficient (Wildman–Crippen LogP) is 1.25. The van der Waals surface area contributed by atoms with E-state index >= 15 is 0 Å². The first-order chi connectivity index (χ1) is 9.24. The molecule has 3 unspecified atom stereocenters. The van der Waals surface area contributed by atoms with E-state index in [-0.39, 0.29) is 11.9 Å². The lowest BCUT2D eigenvalue weighted by Gasteiger charge is -2.45. The van der Waals surface area contributed by atoms with Crippen LogP contribution in [0.5, 0.6) is 0 Å². The molecule has 3 fully saturated rings. The van der Waals surface area contributed by atoms with E-state index in [1.165, 1.54) is 51.4 Å². The molecule has 0 spiro atoms. The predicted molar refractivity (Wildman–Crippen MR) is 75.7 cm³/mol. The number of fused-ring (bicyclic) bond motifs is 1. The highest BCUT2D eigenvalue weighted by molar-refractivity contribution is 5.80. The summed E-state index contributed by atoms with van der Waals surface area (Å²) in [6.45, 7) is 1.98. The Labute approximate surface area is 116 Å². The van der Waals surface area contributed by atoms with Crippen molar-refractivity contribution in [3.63, 3.8) is 0 Å². The van der Waals surface area contributed by atoms with Gasteiger partial charge >= 0.3 is 0 Å². The number of nitrogens with one attached hydrogen (secondary N) is 1. The number of piperidine rings is 1.